The van der Waals surface area contributed by atoms with Gasteiger partial charge in [0.25, 0.3) is 5.91 Å². The first kappa shape index (κ1) is 16.7. The molecule has 0 atom stereocenters. The molecule has 0 radical (unpaired) electrons. The fourth-order valence-electron chi connectivity index (χ4n) is 2.67. The van der Waals surface area contributed by atoms with Gasteiger partial charge < -0.3 is 4.90 Å². The molecule has 1 amide bonds. The number of hydrogen-bond acceptors (Lipinski definition) is 1. The Kier molecular flexibility index (Phi) is 5.78. The normalized spacial score (nSPS) is 10.7. The van der Waals surface area contributed by atoms with Crippen LogP contribution in [0, 0.1) is 0 Å². The van der Waals surface area contributed by atoms with Gasteiger partial charge in [-0.15, -0.1) is 0 Å². The van der Waals surface area contributed by atoms with Crippen LogP contribution in [0.1, 0.15) is 21.5 Å². The lowest BCUT2D eigenvalue weighted by Gasteiger charge is -2.21. The van der Waals surface area contributed by atoms with Gasteiger partial charge in [-0.25, -0.2) is 0 Å². The smallest absolute Gasteiger partial charge is 0.254 e. The highest BCUT2D eigenvalue weighted by molar-refractivity contribution is 5.94. The van der Waals surface area contributed by atoms with E-state index >= 15 is 0 Å². The molecule has 25 heavy (non-hydrogen) atoms. The van der Waals surface area contributed by atoms with Crippen LogP contribution in [0.4, 0.5) is 0 Å². The molecule has 3 aromatic rings. The van der Waals surface area contributed by atoms with Crippen molar-refractivity contribution < 1.29 is 4.79 Å². The second-order valence-electron chi connectivity index (χ2n) is 5.85. The molecule has 0 unspecified atom stereocenters. The molecule has 0 aromatic heterocycles. The Hall–Kier alpha value is -3.13. The van der Waals surface area contributed by atoms with Crippen LogP contribution in [-0.4, -0.2) is 17.4 Å². The van der Waals surface area contributed by atoms with E-state index in [0.29, 0.717) is 18.7 Å². The molecule has 3 aromatic carbocycles. The molecule has 0 aliphatic heterocycles. The van der Waals surface area contributed by atoms with E-state index in [9.17, 15) is 4.79 Å². The molecule has 0 aliphatic rings. The standard InChI is InChI=1S/C23H21NO/c25-23(22-16-8-3-9-17-22)24(19-21-13-6-2-7-14-21)18-10-15-20-11-4-1-5-12-20/h1-17H,18-19H2/b15-10+. The van der Waals surface area contributed by atoms with Crippen molar-refractivity contribution in [3.05, 3.63) is 114 Å². The monoisotopic (exact) mass is 327 g/mol. The van der Waals surface area contributed by atoms with E-state index in [0.717, 1.165) is 11.1 Å². The zero-order valence-electron chi connectivity index (χ0n) is 14.1. The zero-order valence-corrected chi connectivity index (χ0v) is 14.1. The molecule has 0 aliphatic carbocycles. The Morgan fingerprint density at radius 3 is 1.96 bits per heavy atom. The first-order valence-electron chi connectivity index (χ1n) is 8.43. The van der Waals surface area contributed by atoms with Crippen molar-refractivity contribution in [2.75, 3.05) is 6.54 Å². The quantitative estimate of drug-likeness (QED) is 0.621. The topological polar surface area (TPSA) is 20.3 Å². The Morgan fingerprint density at radius 2 is 1.32 bits per heavy atom. The minimum Gasteiger partial charge on any atom is -0.331 e. The molecule has 0 saturated carbocycles. The summed E-state index contributed by atoms with van der Waals surface area (Å²) in [6.45, 7) is 1.16. The number of rotatable bonds is 6. The average molecular weight is 327 g/mol. The van der Waals surface area contributed by atoms with Gasteiger partial charge in [-0.1, -0.05) is 91.0 Å². The molecular weight excluding hydrogens is 306 g/mol. The van der Waals surface area contributed by atoms with E-state index < -0.39 is 0 Å². The Bertz CT molecular complexity index is 810. The van der Waals surface area contributed by atoms with Crippen molar-refractivity contribution in [1.82, 2.24) is 4.90 Å². The van der Waals surface area contributed by atoms with Gasteiger partial charge in [0.15, 0.2) is 0 Å². The highest BCUT2D eigenvalue weighted by Gasteiger charge is 2.14. The molecular formula is C23H21NO. The van der Waals surface area contributed by atoms with Gasteiger partial charge in [-0.2, -0.15) is 0 Å². The van der Waals surface area contributed by atoms with Gasteiger partial charge in [-0.05, 0) is 23.3 Å². The SMILES string of the molecule is O=C(c1ccccc1)N(C/C=C/c1ccccc1)Cc1ccccc1. The summed E-state index contributed by atoms with van der Waals surface area (Å²) in [5, 5.41) is 0. The van der Waals surface area contributed by atoms with Gasteiger partial charge in [0.2, 0.25) is 0 Å². The maximum absolute atomic E-state index is 12.9. The first-order valence-corrected chi connectivity index (χ1v) is 8.43. The summed E-state index contributed by atoms with van der Waals surface area (Å²) in [7, 11) is 0. The second kappa shape index (κ2) is 8.65. The van der Waals surface area contributed by atoms with E-state index in [1.165, 1.54) is 0 Å². The maximum Gasteiger partial charge on any atom is 0.254 e. The fourth-order valence-corrected chi connectivity index (χ4v) is 2.67. The van der Waals surface area contributed by atoms with E-state index in [4.69, 9.17) is 0 Å². The lowest BCUT2D eigenvalue weighted by molar-refractivity contribution is 0.0763. The Morgan fingerprint density at radius 1 is 0.760 bits per heavy atom. The minimum absolute atomic E-state index is 0.0437. The second-order valence-corrected chi connectivity index (χ2v) is 5.85. The number of amides is 1. The fraction of sp³-hybridized carbons (Fsp3) is 0.0870. The average Bonchev–Trinajstić information content (AvgIpc) is 2.69. The zero-order chi connectivity index (χ0) is 17.3. The summed E-state index contributed by atoms with van der Waals surface area (Å²) in [4.78, 5) is 14.7. The molecule has 0 N–H and O–H groups in total. The predicted octanol–water partition coefficient (Wildman–Crippen LogP) is 5.04. The van der Waals surface area contributed by atoms with Gasteiger partial charge >= 0.3 is 0 Å². The van der Waals surface area contributed by atoms with Crippen LogP contribution in [-0.2, 0) is 6.54 Å². The van der Waals surface area contributed by atoms with Crippen molar-refractivity contribution in [2.45, 2.75) is 6.54 Å². The maximum atomic E-state index is 12.9. The van der Waals surface area contributed by atoms with Crippen LogP contribution in [0.5, 0.6) is 0 Å². The van der Waals surface area contributed by atoms with Crippen molar-refractivity contribution in [3.8, 4) is 0 Å². The van der Waals surface area contributed by atoms with E-state index in [2.05, 4.69) is 18.2 Å². The van der Waals surface area contributed by atoms with Gasteiger partial charge in [0.1, 0.15) is 0 Å². The Balaban J connectivity index is 1.76. The lowest BCUT2D eigenvalue weighted by atomic mass is 10.1. The van der Waals surface area contributed by atoms with Gasteiger partial charge in [0, 0.05) is 18.7 Å². The molecule has 124 valence electrons. The van der Waals surface area contributed by atoms with Crippen LogP contribution >= 0.6 is 0 Å². The van der Waals surface area contributed by atoms with Crippen molar-refractivity contribution >= 4 is 12.0 Å². The van der Waals surface area contributed by atoms with Crippen LogP contribution in [0.25, 0.3) is 6.08 Å². The lowest BCUT2D eigenvalue weighted by Crippen LogP contribution is -2.30. The highest BCUT2D eigenvalue weighted by atomic mass is 16.2. The summed E-state index contributed by atoms with van der Waals surface area (Å²) >= 11 is 0. The van der Waals surface area contributed by atoms with E-state index in [1.54, 1.807) is 0 Å². The number of carbonyl (C=O) groups is 1. The summed E-state index contributed by atoms with van der Waals surface area (Å²) in [5.41, 5.74) is 2.97. The van der Waals surface area contributed by atoms with E-state index in [-0.39, 0.29) is 5.91 Å². The van der Waals surface area contributed by atoms with Crippen molar-refractivity contribution in [3.63, 3.8) is 0 Å². The van der Waals surface area contributed by atoms with Crippen LogP contribution in [0.3, 0.4) is 0 Å². The van der Waals surface area contributed by atoms with Crippen LogP contribution < -0.4 is 0 Å². The third kappa shape index (κ3) is 4.92. The molecule has 2 nitrogen and oxygen atoms in total. The van der Waals surface area contributed by atoms with Crippen molar-refractivity contribution in [2.24, 2.45) is 0 Å². The van der Waals surface area contributed by atoms with Gasteiger partial charge in [0.05, 0.1) is 0 Å². The summed E-state index contributed by atoms with van der Waals surface area (Å²) in [6.07, 6.45) is 4.09. The molecule has 3 rings (SSSR count). The predicted molar refractivity (Wildman–Crippen MR) is 103 cm³/mol. The molecule has 0 heterocycles. The number of hydrogen-bond donors (Lipinski definition) is 0. The highest BCUT2D eigenvalue weighted by Crippen LogP contribution is 2.11. The number of nitrogens with zero attached hydrogens (tertiary/aromatic N) is 1. The van der Waals surface area contributed by atoms with Gasteiger partial charge in [-0.3, -0.25) is 4.79 Å². The largest absolute Gasteiger partial charge is 0.331 e. The Labute approximate surface area is 149 Å². The number of benzene rings is 3. The minimum atomic E-state index is 0.0437. The van der Waals surface area contributed by atoms with E-state index in [1.807, 2.05) is 89.8 Å². The van der Waals surface area contributed by atoms with Crippen LogP contribution in [0.2, 0.25) is 0 Å². The molecule has 2 heteroatoms. The molecule has 0 bridgehead atoms. The van der Waals surface area contributed by atoms with Crippen molar-refractivity contribution in [1.29, 1.82) is 0 Å². The molecule has 0 saturated heterocycles. The third-order valence-electron chi connectivity index (χ3n) is 3.96. The first-order chi connectivity index (χ1) is 12.3. The third-order valence-corrected chi connectivity index (χ3v) is 3.96. The number of carbonyl (C=O) groups excluding carboxylic acids is 1. The van der Waals surface area contributed by atoms with Crippen LogP contribution in [0.15, 0.2) is 97.1 Å². The summed E-state index contributed by atoms with van der Waals surface area (Å²) in [6, 6.07) is 29.7. The molecule has 0 fully saturated rings. The molecule has 0 spiro atoms. The summed E-state index contributed by atoms with van der Waals surface area (Å²) < 4.78 is 0. The summed E-state index contributed by atoms with van der Waals surface area (Å²) in [5.74, 6) is 0.0437.